The van der Waals surface area contributed by atoms with Crippen LogP contribution in [-0.2, 0) is 9.59 Å². The lowest BCUT2D eigenvalue weighted by atomic mass is 10.1. The average molecular weight is 375 g/mol. The number of nitrogens with one attached hydrogen (secondary N) is 1. The molecule has 1 aliphatic heterocycles. The molecule has 0 bridgehead atoms. The smallest absolute Gasteiger partial charge is 0.229 e. The molecule has 1 N–H and O–H groups in total. The molecule has 1 atom stereocenters. The normalized spacial score (nSPS) is 16.4. The molecule has 0 unspecified atom stereocenters. The van der Waals surface area contributed by atoms with Crippen LogP contribution < -0.4 is 15.0 Å². The fraction of sp³-hybridized carbons (Fsp3) is 0.227. The Hall–Kier alpha value is -3.41. The Morgan fingerprint density at radius 1 is 1.18 bits per heavy atom. The van der Waals surface area contributed by atoms with Gasteiger partial charge in [-0.25, -0.2) is 0 Å². The highest BCUT2D eigenvalue weighted by Crippen LogP contribution is 2.28. The number of amides is 2. The monoisotopic (exact) mass is 375 g/mol. The third-order valence-corrected chi connectivity index (χ3v) is 4.85. The second kappa shape index (κ2) is 7.68. The van der Waals surface area contributed by atoms with Crippen LogP contribution in [0.5, 0.6) is 5.75 Å². The summed E-state index contributed by atoms with van der Waals surface area (Å²) in [5.74, 6) is 0.133. The topological polar surface area (TPSA) is 71.5 Å². The van der Waals surface area contributed by atoms with Gasteiger partial charge in [-0.05, 0) is 43.3 Å². The van der Waals surface area contributed by atoms with Gasteiger partial charge in [0.1, 0.15) is 5.75 Å². The van der Waals surface area contributed by atoms with Gasteiger partial charge >= 0.3 is 0 Å². The molecule has 0 saturated carbocycles. The molecule has 6 nitrogen and oxygen atoms in total. The highest BCUT2D eigenvalue weighted by atomic mass is 16.5. The lowest BCUT2D eigenvalue weighted by Gasteiger charge is -2.17. The number of hydrogen-bond donors (Lipinski definition) is 1. The highest BCUT2D eigenvalue weighted by Gasteiger charge is 2.35. The Bertz CT molecular complexity index is 1010. The summed E-state index contributed by atoms with van der Waals surface area (Å²) in [6.07, 6.45) is 1.89. The molecular formula is C22H21N3O3. The molecule has 2 aromatic carbocycles. The van der Waals surface area contributed by atoms with Gasteiger partial charge in [0.25, 0.3) is 0 Å². The van der Waals surface area contributed by atoms with Crippen molar-refractivity contribution in [3.8, 4) is 5.75 Å². The summed E-state index contributed by atoms with van der Waals surface area (Å²) < 4.78 is 5.44. The van der Waals surface area contributed by atoms with E-state index in [9.17, 15) is 9.59 Å². The fourth-order valence-corrected chi connectivity index (χ4v) is 3.46. The van der Waals surface area contributed by atoms with Gasteiger partial charge in [-0.3, -0.25) is 14.6 Å². The fourth-order valence-electron chi connectivity index (χ4n) is 3.46. The number of aromatic nitrogens is 1. The number of carbonyl (C=O) groups excluding carboxylic acids is 2. The summed E-state index contributed by atoms with van der Waals surface area (Å²) in [6.45, 7) is 2.87. The number of hydrogen-bond acceptors (Lipinski definition) is 4. The van der Waals surface area contributed by atoms with Crippen molar-refractivity contribution in [1.82, 2.24) is 4.98 Å². The molecule has 0 aliphatic carbocycles. The number of benzene rings is 2. The van der Waals surface area contributed by atoms with E-state index in [0.717, 1.165) is 22.3 Å². The van der Waals surface area contributed by atoms with Crippen LogP contribution in [0.3, 0.4) is 0 Å². The number of pyridine rings is 1. The molecule has 2 amide bonds. The summed E-state index contributed by atoms with van der Waals surface area (Å²) in [5.41, 5.74) is 2.18. The van der Waals surface area contributed by atoms with Crippen molar-refractivity contribution in [1.29, 1.82) is 0 Å². The summed E-state index contributed by atoms with van der Waals surface area (Å²) >= 11 is 0. The van der Waals surface area contributed by atoms with Gasteiger partial charge in [-0.1, -0.05) is 18.2 Å². The molecular weight excluding hydrogens is 354 g/mol. The number of carbonyl (C=O) groups is 2. The molecule has 142 valence electrons. The number of fused-ring (bicyclic) bond motifs is 1. The molecule has 1 saturated heterocycles. The van der Waals surface area contributed by atoms with Crippen LogP contribution >= 0.6 is 0 Å². The van der Waals surface area contributed by atoms with Gasteiger partial charge in [0.2, 0.25) is 11.8 Å². The third-order valence-electron chi connectivity index (χ3n) is 4.85. The van der Waals surface area contributed by atoms with E-state index in [1.807, 2.05) is 61.5 Å². The number of rotatable bonds is 5. The Balaban J connectivity index is 1.48. The number of anilines is 2. The SMILES string of the molecule is CCOc1ccc(N2C[C@H](C(=O)Nc3cccc4cccnc34)CC2=O)cc1. The molecule has 1 aliphatic rings. The van der Waals surface area contributed by atoms with Gasteiger partial charge in [-0.15, -0.1) is 0 Å². The van der Waals surface area contributed by atoms with Crippen molar-refractivity contribution >= 4 is 34.1 Å². The predicted molar refractivity (Wildman–Crippen MR) is 108 cm³/mol. The highest BCUT2D eigenvalue weighted by molar-refractivity contribution is 6.06. The van der Waals surface area contributed by atoms with Crippen LogP contribution in [0.25, 0.3) is 10.9 Å². The molecule has 6 heteroatoms. The Morgan fingerprint density at radius 2 is 1.96 bits per heavy atom. The van der Waals surface area contributed by atoms with E-state index in [-0.39, 0.29) is 18.2 Å². The van der Waals surface area contributed by atoms with E-state index >= 15 is 0 Å². The summed E-state index contributed by atoms with van der Waals surface area (Å²) in [7, 11) is 0. The number of ether oxygens (including phenoxy) is 1. The number of nitrogens with zero attached hydrogens (tertiary/aromatic N) is 2. The van der Waals surface area contributed by atoms with Crippen molar-refractivity contribution in [2.75, 3.05) is 23.4 Å². The zero-order chi connectivity index (χ0) is 19.5. The standard InChI is InChI=1S/C22H21N3O3/c1-2-28-18-10-8-17(9-11-18)25-14-16(13-20(25)26)22(27)24-19-7-3-5-15-6-4-12-23-21(15)19/h3-12,16H,2,13-14H2,1H3,(H,24,27)/t16-/m1/s1. The van der Waals surface area contributed by atoms with Crippen molar-refractivity contribution in [3.05, 3.63) is 60.8 Å². The van der Waals surface area contributed by atoms with Crippen LogP contribution in [0.2, 0.25) is 0 Å². The van der Waals surface area contributed by atoms with Crippen molar-refractivity contribution in [3.63, 3.8) is 0 Å². The van der Waals surface area contributed by atoms with E-state index < -0.39 is 5.92 Å². The van der Waals surface area contributed by atoms with Gasteiger partial charge in [0.05, 0.1) is 23.7 Å². The van der Waals surface area contributed by atoms with E-state index in [2.05, 4.69) is 10.3 Å². The second-order valence-electron chi connectivity index (χ2n) is 6.70. The van der Waals surface area contributed by atoms with Crippen LogP contribution in [0.1, 0.15) is 13.3 Å². The quantitative estimate of drug-likeness (QED) is 0.739. The summed E-state index contributed by atoms with van der Waals surface area (Å²) in [6, 6.07) is 16.8. The van der Waals surface area contributed by atoms with Crippen molar-refractivity contribution in [2.24, 2.45) is 5.92 Å². The summed E-state index contributed by atoms with van der Waals surface area (Å²) in [5, 5.41) is 3.90. The van der Waals surface area contributed by atoms with E-state index in [4.69, 9.17) is 4.74 Å². The van der Waals surface area contributed by atoms with E-state index in [1.54, 1.807) is 11.1 Å². The molecule has 0 spiro atoms. The van der Waals surface area contributed by atoms with Crippen LogP contribution in [0.15, 0.2) is 60.8 Å². The van der Waals surface area contributed by atoms with Crippen LogP contribution in [0.4, 0.5) is 11.4 Å². The predicted octanol–water partition coefficient (Wildman–Crippen LogP) is 3.63. The molecule has 3 aromatic rings. The van der Waals surface area contributed by atoms with Gasteiger partial charge in [0.15, 0.2) is 0 Å². The third kappa shape index (κ3) is 3.53. The first kappa shape index (κ1) is 18.0. The van der Waals surface area contributed by atoms with Crippen LogP contribution in [-0.4, -0.2) is 29.9 Å². The first-order valence-electron chi connectivity index (χ1n) is 9.33. The lowest BCUT2D eigenvalue weighted by Crippen LogP contribution is -2.28. The first-order chi connectivity index (χ1) is 13.7. The second-order valence-corrected chi connectivity index (χ2v) is 6.70. The molecule has 4 rings (SSSR count). The maximum absolute atomic E-state index is 12.8. The van der Waals surface area contributed by atoms with Crippen molar-refractivity contribution < 1.29 is 14.3 Å². The lowest BCUT2D eigenvalue weighted by molar-refractivity contribution is -0.122. The minimum absolute atomic E-state index is 0.0552. The number of para-hydroxylation sites is 1. The largest absolute Gasteiger partial charge is 0.494 e. The van der Waals surface area contributed by atoms with E-state index in [0.29, 0.717) is 18.8 Å². The maximum Gasteiger partial charge on any atom is 0.229 e. The average Bonchev–Trinajstić information content (AvgIpc) is 3.11. The zero-order valence-corrected chi connectivity index (χ0v) is 15.6. The Morgan fingerprint density at radius 3 is 2.75 bits per heavy atom. The molecule has 1 fully saturated rings. The molecule has 2 heterocycles. The van der Waals surface area contributed by atoms with Gasteiger partial charge in [-0.2, -0.15) is 0 Å². The van der Waals surface area contributed by atoms with Gasteiger partial charge < -0.3 is 15.0 Å². The molecule has 1 aromatic heterocycles. The Labute approximate surface area is 163 Å². The minimum atomic E-state index is -0.405. The first-order valence-corrected chi connectivity index (χ1v) is 9.33. The van der Waals surface area contributed by atoms with Crippen LogP contribution in [0, 0.1) is 5.92 Å². The zero-order valence-electron chi connectivity index (χ0n) is 15.6. The van der Waals surface area contributed by atoms with E-state index in [1.165, 1.54) is 0 Å². The maximum atomic E-state index is 12.8. The van der Waals surface area contributed by atoms with Gasteiger partial charge in [0, 0.05) is 30.2 Å². The molecule has 0 radical (unpaired) electrons. The Kier molecular flexibility index (Phi) is 4.93. The summed E-state index contributed by atoms with van der Waals surface area (Å²) in [4.78, 5) is 31.3. The van der Waals surface area contributed by atoms with Crippen molar-refractivity contribution in [2.45, 2.75) is 13.3 Å². The minimum Gasteiger partial charge on any atom is -0.494 e. The molecule has 28 heavy (non-hydrogen) atoms.